The molecule has 144 valence electrons. The van der Waals surface area contributed by atoms with Gasteiger partial charge in [0.25, 0.3) is 0 Å². The lowest BCUT2D eigenvalue weighted by Gasteiger charge is -2.21. The average molecular weight is 401 g/mol. The first-order valence-corrected chi connectivity index (χ1v) is 10.7. The number of rotatable bonds is 4. The summed E-state index contributed by atoms with van der Waals surface area (Å²) in [5.74, 6) is 2.42. The van der Waals surface area contributed by atoms with Gasteiger partial charge in [0.05, 0.1) is 0 Å². The van der Waals surface area contributed by atoms with Crippen molar-refractivity contribution >= 4 is 28.4 Å². The summed E-state index contributed by atoms with van der Waals surface area (Å²) < 4.78 is 6.43. The Hall–Kier alpha value is -3.12. The molecule has 0 aliphatic carbocycles. The third-order valence-corrected chi connectivity index (χ3v) is 5.91. The number of fused-ring (bicyclic) bond motifs is 4. The minimum absolute atomic E-state index is 0.385. The Labute approximate surface area is 173 Å². The summed E-state index contributed by atoms with van der Waals surface area (Å²) in [4.78, 5) is 4.76. The second kappa shape index (κ2) is 7.72. The smallest absolute Gasteiger partial charge is 0.211 e. The highest BCUT2D eigenvalue weighted by molar-refractivity contribution is 7.99. The highest BCUT2D eigenvalue weighted by Crippen LogP contribution is 2.40. The highest BCUT2D eigenvalue weighted by atomic mass is 32.2. The molecule has 1 aromatic heterocycles. The summed E-state index contributed by atoms with van der Waals surface area (Å²) in [6.07, 6.45) is 0.674. The Morgan fingerprint density at radius 2 is 1.79 bits per heavy atom. The van der Waals surface area contributed by atoms with Gasteiger partial charge in [0.1, 0.15) is 11.4 Å². The Kier molecular flexibility index (Phi) is 4.77. The van der Waals surface area contributed by atoms with Gasteiger partial charge in [-0.05, 0) is 29.3 Å². The van der Waals surface area contributed by atoms with Gasteiger partial charge in [-0.3, -0.25) is 0 Å². The predicted octanol–water partition coefficient (Wildman–Crippen LogP) is 5.70. The van der Waals surface area contributed by atoms with Gasteiger partial charge in [0.15, 0.2) is 12.0 Å². The maximum atomic E-state index is 6.43. The lowest BCUT2D eigenvalue weighted by atomic mass is 10.0. The average Bonchev–Trinajstić information content (AvgIpc) is 2.93. The molecule has 0 fully saturated rings. The quantitative estimate of drug-likeness (QED) is 0.444. The number of para-hydroxylation sites is 1. The van der Waals surface area contributed by atoms with Crippen molar-refractivity contribution in [3.8, 4) is 17.0 Å². The van der Waals surface area contributed by atoms with Crippen LogP contribution in [0, 0.1) is 0 Å². The molecule has 5 rings (SSSR count). The molecule has 1 aliphatic rings. The van der Waals surface area contributed by atoms with Crippen LogP contribution < -0.4 is 10.1 Å². The molecule has 3 aromatic carbocycles. The molecule has 1 unspecified atom stereocenters. The molecule has 1 aliphatic heterocycles. The number of hydrogen-bond donors (Lipinski definition) is 1. The molecule has 0 radical (unpaired) electrons. The molecule has 1 atom stereocenters. The number of ether oxygens (including phenoxy) is 1. The summed E-state index contributed by atoms with van der Waals surface area (Å²) >= 11 is 1.62. The fraction of sp³-hybridized carbons (Fsp3) is 0.174. The van der Waals surface area contributed by atoms with Gasteiger partial charge in [-0.15, -0.1) is 10.2 Å². The van der Waals surface area contributed by atoms with E-state index in [-0.39, 0.29) is 6.23 Å². The standard InChI is InChI=1S/C23H20N4OS/c1-2-14-29-23-25-21-20(26-27-23)18-11-5-6-13-19(18)28-22(24-21)17-12-7-9-15-8-3-4-10-16(15)17/h3-13,22H,2,14H2,1H3,(H,24,25,27). The monoisotopic (exact) mass is 400 g/mol. The van der Waals surface area contributed by atoms with Crippen LogP contribution in [0.15, 0.2) is 71.9 Å². The van der Waals surface area contributed by atoms with E-state index in [9.17, 15) is 0 Å². The van der Waals surface area contributed by atoms with E-state index < -0.39 is 0 Å². The van der Waals surface area contributed by atoms with Crippen molar-refractivity contribution in [2.24, 2.45) is 0 Å². The summed E-state index contributed by atoms with van der Waals surface area (Å²) in [6, 6.07) is 22.5. The first-order chi connectivity index (χ1) is 14.3. The van der Waals surface area contributed by atoms with Gasteiger partial charge in [-0.25, -0.2) is 4.98 Å². The summed E-state index contributed by atoms with van der Waals surface area (Å²) in [7, 11) is 0. The van der Waals surface area contributed by atoms with Crippen molar-refractivity contribution in [1.82, 2.24) is 15.2 Å². The van der Waals surface area contributed by atoms with Crippen molar-refractivity contribution in [3.05, 3.63) is 72.3 Å². The molecule has 6 heteroatoms. The maximum absolute atomic E-state index is 6.43. The lowest BCUT2D eigenvalue weighted by molar-refractivity contribution is 0.239. The molecule has 4 aromatic rings. The van der Waals surface area contributed by atoms with Crippen LogP contribution in [0.4, 0.5) is 5.82 Å². The van der Waals surface area contributed by atoms with Gasteiger partial charge >= 0.3 is 0 Å². The molecule has 0 spiro atoms. The van der Waals surface area contributed by atoms with E-state index in [1.807, 2.05) is 36.4 Å². The zero-order valence-corrected chi connectivity index (χ0v) is 16.8. The topological polar surface area (TPSA) is 59.9 Å². The number of thioether (sulfide) groups is 1. The Bertz CT molecular complexity index is 1180. The minimum atomic E-state index is -0.385. The van der Waals surface area contributed by atoms with Crippen LogP contribution in [0.2, 0.25) is 0 Å². The number of hydrogen-bond acceptors (Lipinski definition) is 6. The Balaban J connectivity index is 1.65. The van der Waals surface area contributed by atoms with Crippen LogP contribution in [-0.4, -0.2) is 20.9 Å². The second-order valence-corrected chi connectivity index (χ2v) is 7.91. The number of nitrogens with zero attached hydrogens (tertiary/aromatic N) is 3. The first kappa shape index (κ1) is 17.9. The van der Waals surface area contributed by atoms with Crippen molar-refractivity contribution in [3.63, 3.8) is 0 Å². The highest BCUT2D eigenvalue weighted by Gasteiger charge is 2.26. The van der Waals surface area contributed by atoms with E-state index in [1.165, 1.54) is 5.39 Å². The van der Waals surface area contributed by atoms with E-state index in [0.717, 1.165) is 34.4 Å². The largest absolute Gasteiger partial charge is 0.466 e. The van der Waals surface area contributed by atoms with Crippen LogP contribution in [0.5, 0.6) is 5.75 Å². The van der Waals surface area contributed by atoms with Crippen LogP contribution in [0.1, 0.15) is 25.1 Å². The van der Waals surface area contributed by atoms with Gasteiger partial charge in [0, 0.05) is 16.9 Å². The molecular formula is C23H20N4OS. The van der Waals surface area contributed by atoms with Gasteiger partial charge in [-0.2, -0.15) is 0 Å². The predicted molar refractivity (Wildman–Crippen MR) is 117 cm³/mol. The van der Waals surface area contributed by atoms with Gasteiger partial charge in [0.2, 0.25) is 5.16 Å². The van der Waals surface area contributed by atoms with Gasteiger partial charge in [-0.1, -0.05) is 73.3 Å². The van der Waals surface area contributed by atoms with Crippen LogP contribution >= 0.6 is 11.8 Å². The number of benzene rings is 3. The zero-order valence-electron chi connectivity index (χ0n) is 16.0. The minimum Gasteiger partial charge on any atom is -0.466 e. The van der Waals surface area contributed by atoms with Crippen molar-refractivity contribution in [1.29, 1.82) is 0 Å². The Morgan fingerprint density at radius 1 is 0.966 bits per heavy atom. The van der Waals surface area contributed by atoms with E-state index >= 15 is 0 Å². The molecule has 29 heavy (non-hydrogen) atoms. The van der Waals surface area contributed by atoms with Crippen molar-refractivity contribution in [2.75, 3.05) is 11.1 Å². The van der Waals surface area contributed by atoms with Crippen LogP contribution in [-0.2, 0) is 0 Å². The SMILES string of the molecule is CCCSc1nnc2c(n1)NC(c1cccc3ccccc13)Oc1ccccc1-2. The number of nitrogens with one attached hydrogen (secondary N) is 1. The molecule has 0 saturated heterocycles. The number of aromatic nitrogens is 3. The summed E-state index contributed by atoms with van der Waals surface area (Å²) in [6.45, 7) is 2.14. The molecule has 1 N–H and O–H groups in total. The van der Waals surface area contributed by atoms with Crippen LogP contribution in [0.25, 0.3) is 22.0 Å². The van der Waals surface area contributed by atoms with E-state index in [4.69, 9.17) is 9.72 Å². The molecule has 0 amide bonds. The normalized spacial score (nSPS) is 15.0. The van der Waals surface area contributed by atoms with Crippen molar-refractivity contribution in [2.45, 2.75) is 24.7 Å². The second-order valence-electron chi connectivity index (χ2n) is 6.85. The maximum Gasteiger partial charge on any atom is 0.211 e. The molecule has 2 heterocycles. The first-order valence-electron chi connectivity index (χ1n) is 9.71. The Morgan fingerprint density at radius 3 is 2.72 bits per heavy atom. The van der Waals surface area contributed by atoms with E-state index in [2.05, 4.69) is 52.8 Å². The van der Waals surface area contributed by atoms with E-state index in [0.29, 0.717) is 16.7 Å². The summed E-state index contributed by atoms with van der Waals surface area (Å²) in [5, 5.41) is 15.3. The zero-order chi connectivity index (χ0) is 19.6. The lowest BCUT2D eigenvalue weighted by Crippen LogP contribution is -2.18. The third kappa shape index (κ3) is 3.40. The molecular weight excluding hydrogens is 380 g/mol. The molecule has 0 bridgehead atoms. The third-order valence-electron chi connectivity index (χ3n) is 4.86. The molecule has 0 saturated carbocycles. The summed E-state index contributed by atoms with van der Waals surface area (Å²) in [5.41, 5.74) is 2.67. The fourth-order valence-electron chi connectivity index (χ4n) is 3.51. The van der Waals surface area contributed by atoms with Crippen molar-refractivity contribution < 1.29 is 4.74 Å². The van der Waals surface area contributed by atoms with E-state index in [1.54, 1.807) is 11.8 Å². The van der Waals surface area contributed by atoms with Gasteiger partial charge < -0.3 is 10.1 Å². The fourth-order valence-corrected chi connectivity index (χ4v) is 4.15. The number of anilines is 1. The molecule has 5 nitrogen and oxygen atoms in total. The van der Waals surface area contributed by atoms with Crippen LogP contribution in [0.3, 0.4) is 0 Å².